The summed E-state index contributed by atoms with van der Waals surface area (Å²) in [5.74, 6) is 1.83. The standard InChI is InChI=1S/C15H17N3O3/c1-10(2)18-6-5-16-14(15(18)19)17-8-11-3-4-12-13(7-11)21-9-20-12/h3-7,10H,8-9H2,1-2H3,(H,16,17). The van der Waals surface area contributed by atoms with Crippen molar-refractivity contribution in [2.24, 2.45) is 0 Å². The molecule has 0 aliphatic carbocycles. The van der Waals surface area contributed by atoms with Crippen LogP contribution in [0.25, 0.3) is 0 Å². The van der Waals surface area contributed by atoms with Gasteiger partial charge in [0.1, 0.15) is 0 Å². The molecule has 0 saturated heterocycles. The third-order valence-electron chi connectivity index (χ3n) is 3.32. The summed E-state index contributed by atoms with van der Waals surface area (Å²) in [6.07, 6.45) is 3.32. The Balaban J connectivity index is 1.76. The largest absolute Gasteiger partial charge is 0.454 e. The summed E-state index contributed by atoms with van der Waals surface area (Å²) in [5.41, 5.74) is 0.883. The van der Waals surface area contributed by atoms with Crippen LogP contribution in [0.15, 0.2) is 35.4 Å². The Morgan fingerprint density at radius 3 is 2.95 bits per heavy atom. The van der Waals surface area contributed by atoms with E-state index in [0.717, 1.165) is 17.1 Å². The first-order chi connectivity index (χ1) is 10.1. The molecule has 2 aromatic rings. The van der Waals surface area contributed by atoms with Gasteiger partial charge >= 0.3 is 0 Å². The van der Waals surface area contributed by atoms with E-state index in [1.807, 2.05) is 32.0 Å². The summed E-state index contributed by atoms with van der Waals surface area (Å²) in [7, 11) is 0. The van der Waals surface area contributed by atoms with Gasteiger partial charge in [0.05, 0.1) is 0 Å². The summed E-state index contributed by atoms with van der Waals surface area (Å²) in [5, 5.41) is 3.07. The number of rotatable bonds is 4. The van der Waals surface area contributed by atoms with Crippen LogP contribution in [0.3, 0.4) is 0 Å². The van der Waals surface area contributed by atoms with Crippen LogP contribution in [-0.2, 0) is 6.54 Å². The molecule has 6 nitrogen and oxygen atoms in total. The van der Waals surface area contributed by atoms with E-state index >= 15 is 0 Å². The van der Waals surface area contributed by atoms with Crippen molar-refractivity contribution in [3.63, 3.8) is 0 Å². The van der Waals surface area contributed by atoms with Crippen molar-refractivity contribution in [3.8, 4) is 11.5 Å². The molecule has 6 heteroatoms. The van der Waals surface area contributed by atoms with Gasteiger partial charge in [-0.3, -0.25) is 4.79 Å². The lowest BCUT2D eigenvalue weighted by Crippen LogP contribution is -2.25. The van der Waals surface area contributed by atoms with Gasteiger partial charge in [0.15, 0.2) is 17.3 Å². The molecule has 0 saturated carbocycles. The predicted molar refractivity (Wildman–Crippen MR) is 78.8 cm³/mol. The summed E-state index contributed by atoms with van der Waals surface area (Å²) in [6.45, 7) is 4.68. The molecule has 0 fully saturated rings. The van der Waals surface area contributed by atoms with E-state index in [2.05, 4.69) is 10.3 Å². The van der Waals surface area contributed by atoms with Crippen LogP contribution in [0.5, 0.6) is 11.5 Å². The quantitative estimate of drug-likeness (QED) is 0.933. The second-order valence-electron chi connectivity index (χ2n) is 5.12. The highest BCUT2D eigenvalue weighted by Crippen LogP contribution is 2.32. The lowest BCUT2D eigenvalue weighted by atomic mass is 10.2. The van der Waals surface area contributed by atoms with E-state index in [0.29, 0.717) is 12.4 Å². The monoisotopic (exact) mass is 287 g/mol. The smallest absolute Gasteiger partial charge is 0.293 e. The number of aromatic nitrogens is 2. The number of benzene rings is 1. The lowest BCUT2D eigenvalue weighted by molar-refractivity contribution is 0.174. The van der Waals surface area contributed by atoms with Gasteiger partial charge in [-0.2, -0.15) is 0 Å². The maximum absolute atomic E-state index is 12.2. The van der Waals surface area contributed by atoms with Crippen molar-refractivity contribution in [2.75, 3.05) is 12.1 Å². The molecule has 1 aromatic carbocycles. The first-order valence-corrected chi connectivity index (χ1v) is 6.84. The van der Waals surface area contributed by atoms with Gasteiger partial charge in [0.2, 0.25) is 6.79 Å². The summed E-state index contributed by atoms with van der Waals surface area (Å²) in [4.78, 5) is 16.3. The fraction of sp³-hybridized carbons (Fsp3) is 0.333. The Labute approximate surface area is 122 Å². The fourth-order valence-corrected chi connectivity index (χ4v) is 2.19. The first kappa shape index (κ1) is 13.5. The van der Waals surface area contributed by atoms with Crippen LogP contribution < -0.4 is 20.3 Å². The third kappa shape index (κ3) is 2.69. The molecule has 1 aliphatic rings. The van der Waals surface area contributed by atoms with E-state index in [1.54, 1.807) is 17.0 Å². The molecule has 0 amide bonds. The molecule has 0 bridgehead atoms. The minimum Gasteiger partial charge on any atom is -0.454 e. The topological polar surface area (TPSA) is 65.4 Å². The molecule has 0 radical (unpaired) electrons. The molecule has 0 unspecified atom stereocenters. The zero-order chi connectivity index (χ0) is 14.8. The van der Waals surface area contributed by atoms with Crippen LogP contribution in [0, 0.1) is 0 Å². The van der Waals surface area contributed by atoms with Gasteiger partial charge in [-0.1, -0.05) is 6.07 Å². The summed E-state index contributed by atoms with van der Waals surface area (Å²) in [6, 6.07) is 5.81. The van der Waals surface area contributed by atoms with Crippen molar-refractivity contribution in [1.29, 1.82) is 0 Å². The van der Waals surface area contributed by atoms with Crippen LogP contribution in [0.2, 0.25) is 0 Å². The Morgan fingerprint density at radius 1 is 1.33 bits per heavy atom. The molecule has 110 valence electrons. The van der Waals surface area contributed by atoms with Crippen LogP contribution in [0.4, 0.5) is 5.82 Å². The second-order valence-corrected chi connectivity index (χ2v) is 5.12. The normalized spacial score (nSPS) is 12.7. The molecule has 1 N–H and O–H groups in total. The van der Waals surface area contributed by atoms with E-state index in [9.17, 15) is 4.79 Å². The van der Waals surface area contributed by atoms with Gasteiger partial charge in [-0.15, -0.1) is 0 Å². The Bertz CT molecular complexity index is 710. The summed E-state index contributed by atoms with van der Waals surface area (Å²) >= 11 is 0. The molecule has 3 rings (SSSR count). The van der Waals surface area contributed by atoms with Crippen LogP contribution >= 0.6 is 0 Å². The van der Waals surface area contributed by atoms with Crippen LogP contribution in [0.1, 0.15) is 25.5 Å². The zero-order valence-corrected chi connectivity index (χ0v) is 12.0. The van der Waals surface area contributed by atoms with Crippen molar-refractivity contribution in [1.82, 2.24) is 9.55 Å². The molecular weight excluding hydrogens is 270 g/mol. The maximum atomic E-state index is 12.2. The molecule has 0 atom stereocenters. The highest BCUT2D eigenvalue weighted by molar-refractivity contribution is 5.45. The number of fused-ring (bicyclic) bond motifs is 1. The molecule has 21 heavy (non-hydrogen) atoms. The molecule has 2 heterocycles. The number of hydrogen-bond acceptors (Lipinski definition) is 5. The van der Waals surface area contributed by atoms with E-state index in [1.165, 1.54) is 0 Å². The van der Waals surface area contributed by atoms with E-state index < -0.39 is 0 Å². The SMILES string of the molecule is CC(C)n1ccnc(NCc2ccc3c(c2)OCO3)c1=O. The number of hydrogen-bond donors (Lipinski definition) is 1. The molecule has 1 aromatic heterocycles. The average molecular weight is 287 g/mol. The number of nitrogens with zero attached hydrogens (tertiary/aromatic N) is 2. The van der Waals surface area contributed by atoms with Gasteiger partial charge in [-0.25, -0.2) is 4.98 Å². The second kappa shape index (κ2) is 5.47. The highest BCUT2D eigenvalue weighted by atomic mass is 16.7. The fourth-order valence-electron chi connectivity index (χ4n) is 2.19. The summed E-state index contributed by atoms with van der Waals surface area (Å²) < 4.78 is 12.3. The lowest BCUT2D eigenvalue weighted by Gasteiger charge is -2.11. The van der Waals surface area contributed by atoms with E-state index in [-0.39, 0.29) is 18.4 Å². The maximum Gasteiger partial charge on any atom is 0.293 e. The third-order valence-corrected chi connectivity index (χ3v) is 3.32. The average Bonchev–Trinajstić information content (AvgIpc) is 2.93. The van der Waals surface area contributed by atoms with Gasteiger partial charge in [0.25, 0.3) is 5.56 Å². The molecular formula is C15H17N3O3. The number of anilines is 1. The number of nitrogens with one attached hydrogen (secondary N) is 1. The predicted octanol–water partition coefficient (Wildman–Crippen LogP) is 2.16. The number of ether oxygens (including phenoxy) is 2. The van der Waals surface area contributed by atoms with Crippen LogP contribution in [-0.4, -0.2) is 16.3 Å². The van der Waals surface area contributed by atoms with E-state index in [4.69, 9.17) is 9.47 Å². The van der Waals surface area contributed by atoms with Crippen molar-refractivity contribution >= 4 is 5.82 Å². The Hall–Kier alpha value is -2.50. The minimum atomic E-state index is -0.117. The van der Waals surface area contributed by atoms with Crippen molar-refractivity contribution in [2.45, 2.75) is 26.4 Å². The zero-order valence-electron chi connectivity index (χ0n) is 12.0. The van der Waals surface area contributed by atoms with Crippen molar-refractivity contribution < 1.29 is 9.47 Å². The molecule has 1 aliphatic heterocycles. The highest BCUT2D eigenvalue weighted by Gasteiger charge is 2.13. The minimum absolute atomic E-state index is 0.103. The first-order valence-electron chi connectivity index (χ1n) is 6.84. The Kier molecular flexibility index (Phi) is 3.51. The van der Waals surface area contributed by atoms with Gasteiger partial charge in [-0.05, 0) is 31.5 Å². The Morgan fingerprint density at radius 2 is 2.14 bits per heavy atom. The van der Waals surface area contributed by atoms with Crippen molar-refractivity contribution in [3.05, 3.63) is 46.5 Å². The molecule has 0 spiro atoms. The van der Waals surface area contributed by atoms with Gasteiger partial charge < -0.3 is 19.4 Å². The van der Waals surface area contributed by atoms with Gasteiger partial charge in [0, 0.05) is 25.0 Å².